The van der Waals surface area contributed by atoms with E-state index in [0.29, 0.717) is 13.2 Å². The van der Waals surface area contributed by atoms with Crippen molar-refractivity contribution in [2.24, 2.45) is 5.92 Å². The van der Waals surface area contributed by atoms with E-state index in [1.807, 2.05) is 58.0 Å². The number of carbonyl (C=O) groups is 2. The molecule has 0 spiro atoms. The van der Waals surface area contributed by atoms with Crippen LogP contribution in [0.15, 0.2) is 42.5 Å². The van der Waals surface area contributed by atoms with Crippen LogP contribution in [0.3, 0.4) is 0 Å². The van der Waals surface area contributed by atoms with Crippen LogP contribution in [0.1, 0.15) is 33.3 Å². The molecule has 1 heterocycles. The molecule has 1 fully saturated rings. The van der Waals surface area contributed by atoms with Crippen LogP contribution in [0, 0.1) is 5.92 Å². The molecule has 2 amide bonds. The number of imide groups is 1. The third-order valence-electron chi connectivity index (χ3n) is 3.99. The van der Waals surface area contributed by atoms with Gasteiger partial charge < -0.3 is 9.47 Å². The number of amides is 2. The first-order valence-electron chi connectivity index (χ1n) is 8.17. The van der Waals surface area contributed by atoms with Crippen LogP contribution in [0.2, 0.25) is 0 Å². The normalized spacial score (nSPS) is 20.0. The number of nitrogens with zero attached hydrogens (tertiary/aromatic N) is 1. The highest BCUT2D eigenvalue weighted by molar-refractivity contribution is 6.00. The molecule has 2 rings (SSSR count). The maximum atomic E-state index is 12.4. The molecule has 0 unspecified atom stereocenters. The van der Waals surface area contributed by atoms with Crippen molar-refractivity contribution in [3.8, 4) is 0 Å². The third kappa shape index (κ3) is 4.23. The standard InChI is InChI=1S/C19H25NO4/c1-14(2)17-19(3,4)24-18(22)20(17)16(21)11-8-12-23-13-15-9-6-5-7-10-15/h5-11,14,17H,12-13H2,1-4H3/b11-8+/t17-/m0/s1. The lowest BCUT2D eigenvalue weighted by atomic mass is 9.89. The molecule has 1 saturated heterocycles. The van der Waals surface area contributed by atoms with E-state index in [9.17, 15) is 9.59 Å². The highest BCUT2D eigenvalue weighted by Gasteiger charge is 2.51. The summed E-state index contributed by atoms with van der Waals surface area (Å²) < 4.78 is 10.8. The smallest absolute Gasteiger partial charge is 0.417 e. The van der Waals surface area contributed by atoms with Gasteiger partial charge in [0.15, 0.2) is 0 Å². The maximum absolute atomic E-state index is 12.4. The summed E-state index contributed by atoms with van der Waals surface area (Å²) in [5, 5.41) is 0. The first-order valence-corrected chi connectivity index (χ1v) is 8.17. The van der Waals surface area contributed by atoms with E-state index >= 15 is 0 Å². The molecule has 5 nitrogen and oxygen atoms in total. The van der Waals surface area contributed by atoms with Crippen LogP contribution in [0.4, 0.5) is 4.79 Å². The fourth-order valence-electron chi connectivity index (χ4n) is 3.14. The van der Waals surface area contributed by atoms with Gasteiger partial charge in [0.05, 0.1) is 19.3 Å². The Bertz CT molecular complexity index is 607. The lowest BCUT2D eigenvalue weighted by Crippen LogP contribution is -2.47. The number of hydrogen-bond donors (Lipinski definition) is 0. The molecule has 130 valence electrons. The third-order valence-corrected chi connectivity index (χ3v) is 3.99. The van der Waals surface area contributed by atoms with Gasteiger partial charge in [-0.05, 0) is 25.3 Å². The van der Waals surface area contributed by atoms with Crippen molar-refractivity contribution >= 4 is 12.0 Å². The molecule has 24 heavy (non-hydrogen) atoms. The van der Waals surface area contributed by atoms with Gasteiger partial charge in [-0.25, -0.2) is 9.69 Å². The molecule has 5 heteroatoms. The van der Waals surface area contributed by atoms with E-state index in [1.165, 1.54) is 11.0 Å². The van der Waals surface area contributed by atoms with E-state index < -0.39 is 11.7 Å². The highest BCUT2D eigenvalue weighted by atomic mass is 16.6. The zero-order valence-corrected chi connectivity index (χ0v) is 14.7. The lowest BCUT2D eigenvalue weighted by molar-refractivity contribution is -0.125. The minimum Gasteiger partial charge on any atom is -0.441 e. The molecule has 0 radical (unpaired) electrons. The quantitative estimate of drug-likeness (QED) is 0.591. The second kappa shape index (κ2) is 7.62. The van der Waals surface area contributed by atoms with Crippen molar-refractivity contribution in [2.45, 2.75) is 45.9 Å². The molecule has 1 aromatic carbocycles. The molecule has 1 aliphatic heterocycles. The SMILES string of the molecule is CC(C)[C@@H]1N(C(=O)/C=C/COCc2ccccc2)C(=O)OC1(C)C. The molecule has 1 atom stereocenters. The number of rotatable bonds is 6. The molecule has 0 aromatic heterocycles. The van der Waals surface area contributed by atoms with E-state index in [-0.39, 0.29) is 17.9 Å². The fraction of sp³-hybridized carbons (Fsp3) is 0.474. The number of benzene rings is 1. The number of ether oxygens (including phenoxy) is 2. The van der Waals surface area contributed by atoms with Crippen molar-refractivity contribution in [1.82, 2.24) is 4.90 Å². The van der Waals surface area contributed by atoms with E-state index in [0.717, 1.165) is 5.56 Å². The Balaban J connectivity index is 1.90. The Labute approximate surface area is 143 Å². The zero-order valence-electron chi connectivity index (χ0n) is 14.7. The van der Waals surface area contributed by atoms with Gasteiger partial charge in [0.2, 0.25) is 0 Å². The first kappa shape index (κ1) is 18.2. The van der Waals surface area contributed by atoms with E-state index in [1.54, 1.807) is 6.08 Å². The van der Waals surface area contributed by atoms with Crippen molar-refractivity contribution in [3.63, 3.8) is 0 Å². The van der Waals surface area contributed by atoms with Crippen molar-refractivity contribution in [3.05, 3.63) is 48.0 Å². The average molecular weight is 331 g/mol. The van der Waals surface area contributed by atoms with Crippen LogP contribution >= 0.6 is 0 Å². The van der Waals surface area contributed by atoms with Gasteiger partial charge in [0.25, 0.3) is 5.91 Å². The van der Waals surface area contributed by atoms with Crippen LogP contribution < -0.4 is 0 Å². The largest absolute Gasteiger partial charge is 0.441 e. The first-order chi connectivity index (χ1) is 11.3. The molecule has 0 N–H and O–H groups in total. The highest BCUT2D eigenvalue weighted by Crippen LogP contribution is 2.34. The predicted molar refractivity (Wildman–Crippen MR) is 91.3 cm³/mol. The van der Waals surface area contributed by atoms with Crippen molar-refractivity contribution < 1.29 is 19.1 Å². The summed E-state index contributed by atoms with van der Waals surface area (Å²) in [5.74, 6) is -0.259. The second-order valence-electron chi connectivity index (χ2n) is 6.77. The van der Waals surface area contributed by atoms with Gasteiger partial charge in [-0.3, -0.25) is 4.79 Å². The van der Waals surface area contributed by atoms with Gasteiger partial charge in [-0.15, -0.1) is 0 Å². The Morgan fingerprint density at radius 1 is 1.33 bits per heavy atom. The molecule has 1 aromatic rings. The Morgan fingerprint density at radius 2 is 2.00 bits per heavy atom. The number of hydrogen-bond acceptors (Lipinski definition) is 4. The summed E-state index contributed by atoms with van der Waals surface area (Å²) in [6, 6.07) is 9.52. The molecule has 0 bridgehead atoms. The molecular formula is C19H25NO4. The minimum atomic E-state index is -0.682. The fourth-order valence-corrected chi connectivity index (χ4v) is 3.14. The zero-order chi connectivity index (χ0) is 17.7. The second-order valence-corrected chi connectivity index (χ2v) is 6.77. The van der Waals surface area contributed by atoms with Gasteiger partial charge >= 0.3 is 6.09 Å². The summed E-state index contributed by atoms with van der Waals surface area (Å²) in [4.78, 5) is 25.6. The molecular weight excluding hydrogens is 306 g/mol. The Hall–Kier alpha value is -2.14. The molecule has 1 aliphatic rings. The lowest BCUT2D eigenvalue weighted by Gasteiger charge is -2.30. The molecule has 0 saturated carbocycles. The van der Waals surface area contributed by atoms with Crippen molar-refractivity contribution in [2.75, 3.05) is 6.61 Å². The van der Waals surface area contributed by atoms with Gasteiger partial charge in [0.1, 0.15) is 5.60 Å². The summed E-state index contributed by atoms with van der Waals surface area (Å²) in [7, 11) is 0. The van der Waals surface area contributed by atoms with Crippen LogP contribution in [-0.4, -0.2) is 35.2 Å². The Kier molecular flexibility index (Phi) is 5.78. The average Bonchev–Trinajstić information content (AvgIpc) is 2.76. The van der Waals surface area contributed by atoms with E-state index in [2.05, 4.69) is 0 Å². The monoisotopic (exact) mass is 331 g/mol. The van der Waals surface area contributed by atoms with Gasteiger partial charge in [-0.1, -0.05) is 50.3 Å². The summed E-state index contributed by atoms with van der Waals surface area (Å²) >= 11 is 0. The topological polar surface area (TPSA) is 55.8 Å². The molecule has 0 aliphatic carbocycles. The van der Waals surface area contributed by atoms with Crippen LogP contribution in [0.5, 0.6) is 0 Å². The van der Waals surface area contributed by atoms with Crippen molar-refractivity contribution in [1.29, 1.82) is 0 Å². The summed E-state index contributed by atoms with van der Waals surface area (Å²) in [6.07, 6.45) is 2.42. The maximum Gasteiger partial charge on any atom is 0.417 e. The van der Waals surface area contributed by atoms with Gasteiger partial charge in [0, 0.05) is 6.08 Å². The van der Waals surface area contributed by atoms with E-state index in [4.69, 9.17) is 9.47 Å². The van der Waals surface area contributed by atoms with Crippen LogP contribution in [0.25, 0.3) is 0 Å². The minimum absolute atomic E-state index is 0.109. The van der Waals surface area contributed by atoms with Crippen LogP contribution in [-0.2, 0) is 20.9 Å². The summed E-state index contributed by atoms with van der Waals surface area (Å²) in [5.41, 5.74) is 0.389. The number of carbonyl (C=O) groups excluding carboxylic acids is 2. The Morgan fingerprint density at radius 3 is 2.62 bits per heavy atom. The van der Waals surface area contributed by atoms with Gasteiger partial charge in [-0.2, -0.15) is 0 Å². The summed E-state index contributed by atoms with van der Waals surface area (Å²) in [6.45, 7) is 8.39. The predicted octanol–water partition coefficient (Wildman–Crippen LogP) is 3.54. The number of cyclic esters (lactones) is 1.